The molecule has 3 rings (SSSR count). The van der Waals surface area contributed by atoms with E-state index in [0.29, 0.717) is 33.6 Å². The fourth-order valence-electron chi connectivity index (χ4n) is 3.04. The number of ether oxygens (including phenoxy) is 3. The highest BCUT2D eigenvalue weighted by Crippen LogP contribution is 2.28. The quantitative estimate of drug-likeness (QED) is 0.251. The molecule has 0 saturated carbocycles. The molecule has 0 aliphatic heterocycles. The van der Waals surface area contributed by atoms with E-state index in [9.17, 15) is 19.7 Å². The number of benzene rings is 2. The number of esters is 1. The van der Waals surface area contributed by atoms with Crippen molar-refractivity contribution in [3.05, 3.63) is 73.6 Å². The zero-order valence-electron chi connectivity index (χ0n) is 16.6. The Morgan fingerprint density at radius 2 is 1.93 bits per heavy atom. The van der Waals surface area contributed by atoms with E-state index >= 15 is 0 Å². The number of methoxy groups -OCH3 is 2. The average molecular weight is 413 g/mol. The lowest BCUT2D eigenvalue weighted by atomic mass is 10.0. The average Bonchev–Trinajstić information content (AvgIpc) is 2.74. The van der Waals surface area contributed by atoms with Crippen molar-refractivity contribution in [2.75, 3.05) is 14.2 Å². The molecular formula is C21H19NO8. The first-order chi connectivity index (χ1) is 14.3. The lowest BCUT2D eigenvalue weighted by Crippen LogP contribution is -2.16. The first-order valence-corrected chi connectivity index (χ1v) is 8.91. The van der Waals surface area contributed by atoms with Crippen LogP contribution < -0.4 is 15.1 Å². The van der Waals surface area contributed by atoms with E-state index in [1.165, 1.54) is 32.4 Å². The number of fused-ring (bicyclic) bond motifs is 1. The predicted octanol–water partition coefficient (Wildman–Crippen LogP) is 3.31. The summed E-state index contributed by atoms with van der Waals surface area (Å²) >= 11 is 0. The molecule has 0 aliphatic rings. The lowest BCUT2D eigenvalue weighted by Gasteiger charge is -2.11. The maximum absolute atomic E-state index is 12.3. The van der Waals surface area contributed by atoms with Crippen molar-refractivity contribution in [2.24, 2.45) is 0 Å². The molecule has 9 nitrogen and oxygen atoms in total. The molecule has 0 spiro atoms. The van der Waals surface area contributed by atoms with E-state index in [-0.39, 0.29) is 24.3 Å². The van der Waals surface area contributed by atoms with E-state index in [2.05, 4.69) is 4.74 Å². The third-order valence-electron chi connectivity index (χ3n) is 4.68. The number of nitro groups is 1. The number of carbonyl (C=O) groups is 1. The summed E-state index contributed by atoms with van der Waals surface area (Å²) in [7, 11) is 2.71. The van der Waals surface area contributed by atoms with E-state index in [1.807, 2.05) is 0 Å². The van der Waals surface area contributed by atoms with Gasteiger partial charge in [0.1, 0.15) is 23.7 Å². The molecule has 0 bridgehead atoms. The maximum Gasteiger partial charge on any atom is 0.340 e. The number of carbonyl (C=O) groups excluding carboxylic acids is 1. The summed E-state index contributed by atoms with van der Waals surface area (Å²) in [5.41, 5.74) is 0.964. The van der Waals surface area contributed by atoms with Crippen molar-refractivity contribution in [1.82, 2.24) is 0 Å². The van der Waals surface area contributed by atoms with Crippen molar-refractivity contribution < 1.29 is 28.3 Å². The largest absolute Gasteiger partial charge is 0.496 e. The van der Waals surface area contributed by atoms with Crippen LogP contribution >= 0.6 is 0 Å². The van der Waals surface area contributed by atoms with Crippen LogP contribution in [0.25, 0.3) is 11.0 Å². The number of hydrogen-bond acceptors (Lipinski definition) is 8. The molecule has 1 heterocycles. The number of non-ortho nitro benzene ring substituents is 1. The first-order valence-electron chi connectivity index (χ1n) is 8.91. The van der Waals surface area contributed by atoms with Crippen molar-refractivity contribution in [3.8, 4) is 11.5 Å². The summed E-state index contributed by atoms with van der Waals surface area (Å²) in [6, 6.07) is 9.18. The SMILES string of the molecule is COC(=O)Cc1c(C)c2ccc(OCc3cc([N+](=O)[O-])ccc3OC)cc2oc1=O. The summed E-state index contributed by atoms with van der Waals surface area (Å²) in [5, 5.41) is 11.7. The molecule has 156 valence electrons. The molecular weight excluding hydrogens is 394 g/mol. The Kier molecular flexibility index (Phi) is 6.01. The molecule has 0 radical (unpaired) electrons. The molecule has 0 N–H and O–H groups in total. The van der Waals surface area contributed by atoms with Gasteiger partial charge in [-0.25, -0.2) is 4.79 Å². The third kappa shape index (κ3) is 4.24. The van der Waals surface area contributed by atoms with Gasteiger partial charge < -0.3 is 18.6 Å². The second-order valence-electron chi connectivity index (χ2n) is 6.45. The van der Waals surface area contributed by atoms with Crippen molar-refractivity contribution in [1.29, 1.82) is 0 Å². The Labute approximate surface area is 170 Å². The van der Waals surface area contributed by atoms with Crippen LogP contribution in [0.3, 0.4) is 0 Å². The fourth-order valence-corrected chi connectivity index (χ4v) is 3.04. The molecule has 0 amide bonds. The summed E-state index contributed by atoms with van der Waals surface area (Å²) < 4.78 is 20.9. The molecule has 2 aromatic carbocycles. The minimum Gasteiger partial charge on any atom is -0.496 e. The van der Waals surface area contributed by atoms with Crippen LogP contribution in [0.4, 0.5) is 5.69 Å². The van der Waals surface area contributed by atoms with Crippen LogP contribution in [0.1, 0.15) is 16.7 Å². The Hall–Kier alpha value is -3.88. The number of rotatable bonds is 7. The van der Waals surface area contributed by atoms with E-state index in [1.54, 1.807) is 25.1 Å². The fraction of sp³-hybridized carbons (Fsp3) is 0.238. The van der Waals surface area contributed by atoms with Gasteiger partial charge in [0.2, 0.25) is 0 Å². The topological polar surface area (TPSA) is 118 Å². The minimum atomic E-state index is -0.622. The lowest BCUT2D eigenvalue weighted by molar-refractivity contribution is -0.385. The highest BCUT2D eigenvalue weighted by Gasteiger charge is 2.16. The van der Waals surface area contributed by atoms with Gasteiger partial charge in [0.05, 0.1) is 31.1 Å². The summed E-state index contributed by atoms with van der Waals surface area (Å²) in [6.45, 7) is 1.74. The van der Waals surface area contributed by atoms with Gasteiger partial charge in [-0.15, -0.1) is 0 Å². The van der Waals surface area contributed by atoms with Gasteiger partial charge in [-0.05, 0) is 30.7 Å². The Morgan fingerprint density at radius 1 is 1.17 bits per heavy atom. The maximum atomic E-state index is 12.3. The number of nitrogens with zero attached hydrogens (tertiary/aromatic N) is 1. The second kappa shape index (κ2) is 8.64. The smallest absolute Gasteiger partial charge is 0.340 e. The minimum absolute atomic E-state index is 0.0139. The number of hydrogen-bond donors (Lipinski definition) is 0. The normalized spacial score (nSPS) is 10.6. The zero-order valence-corrected chi connectivity index (χ0v) is 16.6. The van der Waals surface area contributed by atoms with Crippen LogP contribution in [0.5, 0.6) is 11.5 Å². The molecule has 0 unspecified atom stereocenters. The monoisotopic (exact) mass is 413 g/mol. The molecule has 0 saturated heterocycles. The van der Waals surface area contributed by atoms with Gasteiger partial charge in [-0.3, -0.25) is 14.9 Å². The van der Waals surface area contributed by atoms with Gasteiger partial charge in [0, 0.05) is 29.1 Å². The van der Waals surface area contributed by atoms with Gasteiger partial charge in [-0.1, -0.05) is 0 Å². The molecule has 30 heavy (non-hydrogen) atoms. The van der Waals surface area contributed by atoms with Gasteiger partial charge in [0.25, 0.3) is 5.69 Å². The molecule has 9 heteroatoms. The van der Waals surface area contributed by atoms with Crippen molar-refractivity contribution in [2.45, 2.75) is 20.0 Å². The van der Waals surface area contributed by atoms with Crippen LogP contribution in [0.2, 0.25) is 0 Å². The summed E-state index contributed by atoms with van der Waals surface area (Å²) in [5.74, 6) is 0.325. The van der Waals surface area contributed by atoms with Crippen molar-refractivity contribution >= 4 is 22.6 Å². The Morgan fingerprint density at radius 3 is 2.60 bits per heavy atom. The van der Waals surface area contributed by atoms with E-state index < -0.39 is 16.5 Å². The second-order valence-corrected chi connectivity index (χ2v) is 6.45. The summed E-state index contributed by atoms with van der Waals surface area (Å²) in [4.78, 5) is 34.3. The first kappa shape index (κ1) is 20.8. The summed E-state index contributed by atoms with van der Waals surface area (Å²) in [6.07, 6.45) is -0.175. The zero-order chi connectivity index (χ0) is 21.8. The van der Waals surface area contributed by atoms with Crippen LogP contribution in [0, 0.1) is 17.0 Å². The Balaban J connectivity index is 1.89. The van der Waals surface area contributed by atoms with E-state index in [0.717, 1.165) is 0 Å². The highest BCUT2D eigenvalue weighted by molar-refractivity contribution is 5.84. The van der Waals surface area contributed by atoms with Crippen LogP contribution in [-0.4, -0.2) is 25.1 Å². The number of aryl methyl sites for hydroxylation is 1. The molecule has 0 fully saturated rings. The molecule has 3 aromatic rings. The third-order valence-corrected chi connectivity index (χ3v) is 4.68. The molecule has 1 aromatic heterocycles. The van der Waals surface area contributed by atoms with Gasteiger partial charge >= 0.3 is 11.6 Å². The predicted molar refractivity (Wildman–Crippen MR) is 107 cm³/mol. The number of nitro benzene ring substituents is 1. The molecule has 0 aliphatic carbocycles. The van der Waals surface area contributed by atoms with E-state index in [4.69, 9.17) is 13.9 Å². The Bertz CT molecular complexity index is 1180. The van der Waals surface area contributed by atoms with Crippen LogP contribution in [-0.2, 0) is 22.6 Å². The molecule has 0 atom stereocenters. The highest BCUT2D eigenvalue weighted by atomic mass is 16.6. The van der Waals surface area contributed by atoms with Gasteiger partial charge in [-0.2, -0.15) is 0 Å². The van der Waals surface area contributed by atoms with Crippen LogP contribution in [0.15, 0.2) is 45.6 Å². The van der Waals surface area contributed by atoms with Gasteiger partial charge in [0.15, 0.2) is 0 Å². The van der Waals surface area contributed by atoms with Crippen molar-refractivity contribution in [3.63, 3.8) is 0 Å². The standard InChI is InChI=1S/C21H19NO8/c1-12-16-6-5-15(9-19(16)30-21(24)17(12)10-20(23)28-3)29-11-13-8-14(22(25)26)4-7-18(13)27-2/h4-9H,10-11H2,1-3H3.